The van der Waals surface area contributed by atoms with E-state index in [1.807, 2.05) is 0 Å². The highest BCUT2D eigenvalue weighted by Crippen LogP contribution is 2.07. The summed E-state index contributed by atoms with van der Waals surface area (Å²) in [6.07, 6.45) is 0.713. The Bertz CT molecular complexity index is 259. The van der Waals surface area contributed by atoms with Crippen molar-refractivity contribution in [2.24, 2.45) is 0 Å². The van der Waals surface area contributed by atoms with E-state index in [1.165, 1.54) is 0 Å². The molecule has 2 fully saturated rings. The second-order valence-electron chi connectivity index (χ2n) is 4.16. The molecule has 4 nitrogen and oxygen atoms in total. The highest BCUT2D eigenvalue weighted by Gasteiger charge is 2.19. The van der Waals surface area contributed by atoms with Crippen LogP contribution in [0.3, 0.4) is 0 Å². The Kier molecular flexibility index (Phi) is 5.09. The Morgan fingerprint density at radius 2 is 1.12 bits per heavy atom. The molecule has 96 valence electrons. The molecule has 2 aliphatic rings. The van der Waals surface area contributed by atoms with Gasteiger partial charge in [0.05, 0.1) is 36.4 Å². The SMILES string of the molecule is S=C(CC(=S)N1CCOCC1)N1CCOCC1. The average Bonchev–Trinajstić information content (AvgIpc) is 2.40. The van der Waals surface area contributed by atoms with Crippen molar-refractivity contribution in [1.29, 1.82) is 0 Å². The molecule has 0 radical (unpaired) electrons. The van der Waals surface area contributed by atoms with Gasteiger partial charge in [-0.15, -0.1) is 0 Å². The van der Waals surface area contributed by atoms with Gasteiger partial charge in [0.1, 0.15) is 0 Å². The van der Waals surface area contributed by atoms with Crippen LogP contribution in [0.1, 0.15) is 6.42 Å². The summed E-state index contributed by atoms with van der Waals surface area (Å²) in [7, 11) is 0. The summed E-state index contributed by atoms with van der Waals surface area (Å²) in [5.41, 5.74) is 0. The van der Waals surface area contributed by atoms with Crippen LogP contribution in [0.2, 0.25) is 0 Å². The minimum atomic E-state index is 0.713. The largest absolute Gasteiger partial charge is 0.378 e. The van der Waals surface area contributed by atoms with E-state index in [1.54, 1.807) is 0 Å². The van der Waals surface area contributed by atoms with E-state index in [0.717, 1.165) is 62.6 Å². The first-order valence-electron chi connectivity index (χ1n) is 5.98. The third-order valence-corrected chi connectivity index (χ3v) is 3.84. The van der Waals surface area contributed by atoms with Crippen molar-refractivity contribution in [2.45, 2.75) is 6.42 Å². The molecule has 0 aromatic carbocycles. The van der Waals surface area contributed by atoms with Crippen molar-refractivity contribution in [3.63, 3.8) is 0 Å². The van der Waals surface area contributed by atoms with Crippen LogP contribution < -0.4 is 0 Å². The first kappa shape index (κ1) is 13.1. The lowest BCUT2D eigenvalue weighted by atomic mass is 10.3. The van der Waals surface area contributed by atoms with E-state index < -0.39 is 0 Å². The number of nitrogens with zero attached hydrogens (tertiary/aromatic N) is 2. The minimum absolute atomic E-state index is 0.713. The molecule has 2 heterocycles. The molecular weight excluding hydrogens is 256 g/mol. The maximum atomic E-state index is 5.44. The molecule has 0 atom stereocenters. The van der Waals surface area contributed by atoms with Gasteiger partial charge in [0.2, 0.25) is 0 Å². The smallest absolute Gasteiger partial charge is 0.0849 e. The molecule has 0 aromatic heterocycles. The molecule has 0 saturated carbocycles. The molecule has 0 unspecified atom stereocenters. The van der Waals surface area contributed by atoms with Crippen LogP contribution in [0.5, 0.6) is 0 Å². The average molecular weight is 274 g/mol. The van der Waals surface area contributed by atoms with Gasteiger partial charge in [0.25, 0.3) is 0 Å². The van der Waals surface area contributed by atoms with Crippen LogP contribution in [0.25, 0.3) is 0 Å². The molecular formula is C11H18N2O2S2. The summed E-state index contributed by atoms with van der Waals surface area (Å²) < 4.78 is 10.6. The molecule has 0 N–H and O–H groups in total. The minimum Gasteiger partial charge on any atom is -0.378 e. The zero-order chi connectivity index (χ0) is 12.1. The Balaban J connectivity index is 1.78. The zero-order valence-electron chi connectivity index (χ0n) is 9.89. The van der Waals surface area contributed by atoms with Gasteiger partial charge in [-0.05, 0) is 0 Å². The highest BCUT2D eigenvalue weighted by atomic mass is 32.1. The summed E-state index contributed by atoms with van der Waals surface area (Å²) in [5.74, 6) is 0. The quantitative estimate of drug-likeness (QED) is 0.687. The molecule has 2 rings (SSSR count). The normalized spacial score (nSPS) is 21.4. The van der Waals surface area contributed by atoms with Crippen molar-refractivity contribution in [1.82, 2.24) is 9.80 Å². The Morgan fingerprint density at radius 1 is 0.765 bits per heavy atom. The standard InChI is InChI=1S/C11H18N2O2S2/c16-10(12-1-5-14-6-2-12)9-11(17)13-3-7-15-8-4-13/h1-9H2. The molecule has 17 heavy (non-hydrogen) atoms. The lowest BCUT2D eigenvalue weighted by molar-refractivity contribution is 0.0663. The third kappa shape index (κ3) is 3.84. The van der Waals surface area contributed by atoms with Crippen molar-refractivity contribution in [3.8, 4) is 0 Å². The maximum absolute atomic E-state index is 5.44. The van der Waals surface area contributed by atoms with Crippen LogP contribution in [-0.4, -0.2) is 72.4 Å². The van der Waals surface area contributed by atoms with Crippen LogP contribution in [0.4, 0.5) is 0 Å². The summed E-state index contributed by atoms with van der Waals surface area (Å²) in [6.45, 7) is 6.65. The van der Waals surface area contributed by atoms with E-state index in [9.17, 15) is 0 Å². The Hall–Kier alpha value is -0.300. The van der Waals surface area contributed by atoms with Gasteiger partial charge in [0.15, 0.2) is 0 Å². The number of rotatable bonds is 2. The van der Waals surface area contributed by atoms with E-state index >= 15 is 0 Å². The Morgan fingerprint density at radius 3 is 1.47 bits per heavy atom. The van der Waals surface area contributed by atoms with Gasteiger partial charge >= 0.3 is 0 Å². The summed E-state index contributed by atoms with van der Waals surface area (Å²) in [4.78, 5) is 6.30. The number of ether oxygens (including phenoxy) is 2. The van der Waals surface area contributed by atoms with Gasteiger partial charge in [-0.3, -0.25) is 0 Å². The first-order valence-corrected chi connectivity index (χ1v) is 6.80. The van der Waals surface area contributed by atoms with Crippen molar-refractivity contribution in [3.05, 3.63) is 0 Å². The highest BCUT2D eigenvalue weighted by molar-refractivity contribution is 7.82. The van der Waals surface area contributed by atoms with Gasteiger partial charge in [-0.25, -0.2) is 0 Å². The summed E-state index contributed by atoms with van der Waals surface area (Å²) in [5, 5.41) is 0. The van der Waals surface area contributed by atoms with Crippen LogP contribution in [0.15, 0.2) is 0 Å². The molecule has 0 spiro atoms. The fourth-order valence-electron chi connectivity index (χ4n) is 1.98. The molecule has 0 bridgehead atoms. The summed E-state index contributed by atoms with van der Waals surface area (Å²) in [6, 6.07) is 0. The van der Waals surface area contributed by atoms with Gasteiger partial charge in [-0.2, -0.15) is 0 Å². The van der Waals surface area contributed by atoms with Gasteiger partial charge in [-0.1, -0.05) is 24.4 Å². The predicted octanol–water partition coefficient (Wildman–Crippen LogP) is 0.696. The number of thiocarbonyl (C=S) groups is 2. The predicted molar refractivity (Wildman–Crippen MR) is 74.6 cm³/mol. The molecule has 0 amide bonds. The third-order valence-electron chi connectivity index (χ3n) is 3.03. The topological polar surface area (TPSA) is 24.9 Å². The molecule has 2 saturated heterocycles. The maximum Gasteiger partial charge on any atom is 0.0849 e. The van der Waals surface area contributed by atoms with E-state index in [4.69, 9.17) is 33.9 Å². The Labute approximate surface area is 113 Å². The molecule has 0 aliphatic carbocycles. The fourth-order valence-corrected chi connectivity index (χ4v) is 2.71. The molecule has 2 aliphatic heterocycles. The van der Waals surface area contributed by atoms with E-state index in [2.05, 4.69) is 9.80 Å². The molecule has 0 aromatic rings. The van der Waals surface area contributed by atoms with Crippen LogP contribution in [-0.2, 0) is 9.47 Å². The fraction of sp³-hybridized carbons (Fsp3) is 0.818. The van der Waals surface area contributed by atoms with Crippen LogP contribution in [0, 0.1) is 0 Å². The first-order chi connectivity index (χ1) is 8.27. The van der Waals surface area contributed by atoms with E-state index in [0.29, 0.717) is 6.42 Å². The van der Waals surface area contributed by atoms with Gasteiger partial charge in [0, 0.05) is 32.6 Å². The number of hydrogen-bond acceptors (Lipinski definition) is 4. The van der Waals surface area contributed by atoms with Gasteiger partial charge < -0.3 is 19.3 Å². The van der Waals surface area contributed by atoms with Crippen LogP contribution >= 0.6 is 24.4 Å². The second kappa shape index (κ2) is 6.58. The zero-order valence-corrected chi connectivity index (χ0v) is 11.5. The second-order valence-corrected chi connectivity index (χ2v) is 5.11. The number of hydrogen-bond donors (Lipinski definition) is 0. The van der Waals surface area contributed by atoms with Crippen molar-refractivity contribution >= 4 is 34.4 Å². The van der Waals surface area contributed by atoms with E-state index in [-0.39, 0.29) is 0 Å². The molecule has 6 heteroatoms. The monoisotopic (exact) mass is 274 g/mol. The van der Waals surface area contributed by atoms with Crippen molar-refractivity contribution in [2.75, 3.05) is 52.6 Å². The lowest BCUT2D eigenvalue weighted by Gasteiger charge is -2.33. The summed E-state index contributed by atoms with van der Waals surface area (Å²) >= 11 is 10.9. The number of morpholine rings is 2. The van der Waals surface area contributed by atoms with Crippen molar-refractivity contribution < 1.29 is 9.47 Å². The lowest BCUT2D eigenvalue weighted by Crippen LogP contribution is -2.44.